The highest BCUT2D eigenvalue weighted by Crippen LogP contribution is 2.37. The molecule has 0 aliphatic carbocycles. The molecule has 0 atom stereocenters. The third-order valence-corrected chi connectivity index (χ3v) is 5.99. The molecular weight excluding hydrogens is 367 g/mol. The van der Waals surface area contributed by atoms with Crippen molar-refractivity contribution in [1.29, 1.82) is 0 Å². The van der Waals surface area contributed by atoms with Crippen molar-refractivity contribution < 1.29 is 21.6 Å². The number of benzene rings is 2. The van der Waals surface area contributed by atoms with Crippen LogP contribution >= 0.6 is 0 Å². The van der Waals surface area contributed by atoms with Crippen molar-refractivity contribution in [3.8, 4) is 22.4 Å². The van der Waals surface area contributed by atoms with Gasteiger partial charge in [0, 0.05) is 11.6 Å². The van der Waals surface area contributed by atoms with Crippen molar-refractivity contribution in [3.63, 3.8) is 0 Å². The molecule has 0 N–H and O–H groups in total. The Balaban J connectivity index is 1.92. The molecule has 0 unspecified atom stereocenters. The molecule has 2 aromatic carbocycles. The van der Waals surface area contributed by atoms with E-state index < -0.39 is 27.3 Å². The van der Waals surface area contributed by atoms with E-state index in [0.29, 0.717) is 20.7 Å². The molecule has 0 saturated heterocycles. The van der Waals surface area contributed by atoms with Crippen LogP contribution in [0.2, 0.25) is 0 Å². The van der Waals surface area contributed by atoms with E-state index in [4.69, 9.17) is 0 Å². The molecule has 0 fully saturated rings. The normalized spacial score (nSPS) is 14.7. The quantitative estimate of drug-likeness (QED) is 0.508. The number of aromatic nitrogens is 1. The van der Waals surface area contributed by atoms with Gasteiger partial charge < -0.3 is 0 Å². The summed E-state index contributed by atoms with van der Waals surface area (Å²) in [4.78, 5) is 12.4. The molecule has 26 heavy (non-hydrogen) atoms. The van der Waals surface area contributed by atoms with Gasteiger partial charge in [0.05, 0.1) is 16.2 Å². The summed E-state index contributed by atoms with van der Waals surface area (Å²) < 4.78 is 63.9. The number of rotatable bonds is 1. The van der Waals surface area contributed by atoms with E-state index in [1.54, 1.807) is 18.2 Å². The summed E-state index contributed by atoms with van der Waals surface area (Å²) in [6.45, 7) is 0. The first-order chi connectivity index (χ1) is 12.2. The smallest absolute Gasteiger partial charge is 0.268 e. The Kier molecular flexibility index (Phi) is 3.39. The lowest BCUT2D eigenvalue weighted by Crippen LogP contribution is -2.24. The van der Waals surface area contributed by atoms with Crippen LogP contribution in [0.3, 0.4) is 0 Å². The highest BCUT2D eigenvalue weighted by Gasteiger charge is 2.33. The lowest BCUT2D eigenvalue weighted by atomic mass is 10.0. The van der Waals surface area contributed by atoms with Crippen LogP contribution in [-0.2, 0) is 16.2 Å². The second-order valence-electron chi connectivity index (χ2n) is 5.81. The number of alkyl halides is 3. The molecule has 0 amide bonds. The van der Waals surface area contributed by atoms with Crippen molar-refractivity contribution in [1.82, 2.24) is 3.97 Å². The van der Waals surface area contributed by atoms with E-state index in [0.717, 1.165) is 18.2 Å². The second kappa shape index (κ2) is 5.31. The van der Waals surface area contributed by atoms with Gasteiger partial charge in [-0.25, -0.2) is 8.42 Å². The first-order valence-electron chi connectivity index (χ1n) is 7.49. The van der Waals surface area contributed by atoms with Crippen LogP contribution in [-0.4, -0.2) is 12.4 Å². The minimum atomic E-state index is -4.46. The van der Waals surface area contributed by atoms with Crippen LogP contribution in [0.5, 0.6) is 0 Å². The Morgan fingerprint density at radius 1 is 0.846 bits per heavy atom. The van der Waals surface area contributed by atoms with Gasteiger partial charge in [0.1, 0.15) is 0 Å². The number of pyridine rings is 1. The molecule has 132 valence electrons. The van der Waals surface area contributed by atoms with Gasteiger partial charge in [-0.05, 0) is 35.4 Å². The Hall–Kier alpha value is -2.87. The van der Waals surface area contributed by atoms with Gasteiger partial charge in [-0.15, -0.1) is 0 Å². The van der Waals surface area contributed by atoms with Gasteiger partial charge in [0.2, 0.25) is 0 Å². The number of halogens is 3. The predicted octanol–water partition coefficient (Wildman–Crippen LogP) is 3.75. The van der Waals surface area contributed by atoms with Gasteiger partial charge >= 0.3 is 6.18 Å². The molecule has 0 saturated carbocycles. The highest BCUT2D eigenvalue weighted by molar-refractivity contribution is 7.90. The number of nitrogens with zero attached hydrogens (tertiary/aromatic N) is 1. The average Bonchev–Trinajstić information content (AvgIpc) is 2.83. The Labute approximate surface area is 146 Å². The summed E-state index contributed by atoms with van der Waals surface area (Å²) in [5.41, 5.74) is -0.232. The molecule has 1 aromatic heterocycles. The first kappa shape index (κ1) is 16.6. The van der Waals surface area contributed by atoms with E-state index in [-0.39, 0.29) is 10.6 Å². The largest absolute Gasteiger partial charge is 0.416 e. The number of hydrogen-bond donors (Lipinski definition) is 0. The van der Waals surface area contributed by atoms with Crippen molar-refractivity contribution in [2.75, 3.05) is 0 Å². The maximum atomic E-state index is 12.7. The molecule has 1 aliphatic rings. The van der Waals surface area contributed by atoms with Gasteiger partial charge in [0.15, 0.2) is 0 Å². The van der Waals surface area contributed by atoms with Gasteiger partial charge in [-0.3, -0.25) is 4.79 Å². The van der Waals surface area contributed by atoms with Crippen LogP contribution in [0.1, 0.15) is 5.56 Å². The summed E-state index contributed by atoms with van der Waals surface area (Å²) in [7, 11) is -3.97. The fourth-order valence-corrected chi connectivity index (χ4v) is 4.61. The summed E-state index contributed by atoms with van der Waals surface area (Å²) in [5.74, 6) is 0. The fraction of sp³-hybridized carbons (Fsp3) is 0.0556. The lowest BCUT2D eigenvalue weighted by molar-refractivity contribution is -0.137. The van der Waals surface area contributed by atoms with Crippen molar-refractivity contribution in [2.24, 2.45) is 0 Å². The van der Waals surface area contributed by atoms with Crippen LogP contribution in [0.25, 0.3) is 22.4 Å². The molecule has 0 radical (unpaired) electrons. The van der Waals surface area contributed by atoms with Crippen molar-refractivity contribution >= 4 is 10.0 Å². The highest BCUT2D eigenvalue weighted by atomic mass is 32.2. The van der Waals surface area contributed by atoms with E-state index in [1.165, 1.54) is 24.3 Å². The maximum absolute atomic E-state index is 12.7. The predicted molar refractivity (Wildman–Crippen MR) is 89.2 cm³/mol. The van der Waals surface area contributed by atoms with E-state index in [1.807, 2.05) is 0 Å². The Morgan fingerprint density at radius 2 is 1.50 bits per heavy atom. The van der Waals surface area contributed by atoms with E-state index in [9.17, 15) is 26.4 Å². The van der Waals surface area contributed by atoms with Gasteiger partial charge in [-0.1, -0.05) is 30.3 Å². The molecule has 4 nitrogen and oxygen atoms in total. The molecule has 4 rings (SSSR count). The molecule has 1 aliphatic heterocycles. The zero-order chi connectivity index (χ0) is 18.7. The zero-order valence-corrected chi connectivity index (χ0v) is 13.8. The maximum Gasteiger partial charge on any atom is 0.416 e. The minimum absolute atomic E-state index is 0.0293. The monoisotopic (exact) mass is 377 g/mol. The van der Waals surface area contributed by atoms with Gasteiger partial charge in [0.25, 0.3) is 15.6 Å². The topological polar surface area (TPSA) is 56.1 Å². The summed E-state index contributed by atoms with van der Waals surface area (Å²) >= 11 is 0. The number of hydrogen-bond acceptors (Lipinski definition) is 3. The lowest BCUT2D eigenvalue weighted by Gasteiger charge is -2.09. The molecule has 8 heteroatoms. The molecule has 0 spiro atoms. The van der Waals surface area contributed by atoms with Gasteiger partial charge in [-0.2, -0.15) is 17.1 Å². The van der Waals surface area contributed by atoms with E-state index in [2.05, 4.69) is 0 Å². The van der Waals surface area contributed by atoms with E-state index >= 15 is 0 Å². The zero-order valence-electron chi connectivity index (χ0n) is 13.0. The molecular formula is C18H10F3NO3S. The average molecular weight is 377 g/mol. The molecule has 2 heterocycles. The standard InChI is InChI=1S/C18H10F3NO3S/c19-18(20,21)13-7-5-11(6-8-13)12-9-15-14-3-1-2-4-16(14)26(24,25)22(15)17(23)10-12/h1-10H. The first-order valence-corrected chi connectivity index (χ1v) is 8.93. The van der Waals surface area contributed by atoms with Crippen molar-refractivity contribution in [2.45, 2.75) is 11.1 Å². The van der Waals surface area contributed by atoms with Crippen LogP contribution in [0, 0.1) is 0 Å². The Morgan fingerprint density at radius 3 is 2.15 bits per heavy atom. The summed E-state index contributed by atoms with van der Waals surface area (Å²) in [5, 5.41) is 0. The third kappa shape index (κ3) is 2.37. The third-order valence-electron chi connectivity index (χ3n) is 4.22. The van der Waals surface area contributed by atoms with Crippen LogP contribution < -0.4 is 5.56 Å². The summed E-state index contributed by atoms with van der Waals surface area (Å²) in [6.07, 6.45) is -4.46. The summed E-state index contributed by atoms with van der Waals surface area (Å²) in [6, 6.07) is 13.2. The minimum Gasteiger partial charge on any atom is -0.268 e. The molecule has 3 aromatic rings. The second-order valence-corrected chi connectivity index (χ2v) is 7.56. The SMILES string of the molecule is O=c1cc(-c2ccc(C(F)(F)F)cc2)cc2n1S(=O)(=O)c1ccccc1-2. The number of fused-ring (bicyclic) bond motifs is 3. The fourth-order valence-electron chi connectivity index (χ4n) is 3.01. The van der Waals surface area contributed by atoms with Crippen LogP contribution in [0.4, 0.5) is 13.2 Å². The van der Waals surface area contributed by atoms with Crippen LogP contribution in [0.15, 0.2) is 70.4 Å². The molecule has 0 bridgehead atoms. The Bertz CT molecular complexity index is 1190. The van der Waals surface area contributed by atoms with Crippen molar-refractivity contribution in [3.05, 3.63) is 76.6 Å².